The molecule has 0 saturated heterocycles. The van der Waals surface area contributed by atoms with Crippen LogP contribution in [0.15, 0.2) is 30.3 Å². The summed E-state index contributed by atoms with van der Waals surface area (Å²) in [5.41, 5.74) is 0. The molecule has 0 aromatic heterocycles. The van der Waals surface area contributed by atoms with Gasteiger partial charge in [0.2, 0.25) is 0 Å². The zero-order chi connectivity index (χ0) is 18.3. The molecule has 1 rings (SSSR count). The van der Waals surface area contributed by atoms with E-state index in [9.17, 15) is 14.2 Å². The van der Waals surface area contributed by atoms with Crippen LogP contribution in [0.1, 0.15) is 34.1 Å². The van der Waals surface area contributed by atoms with Crippen molar-refractivity contribution in [1.29, 1.82) is 0 Å². The molecular weight excluding hydrogens is 354 g/mol. The van der Waals surface area contributed by atoms with Crippen molar-refractivity contribution in [3.8, 4) is 5.75 Å². The fraction of sp³-hybridized carbons (Fsp3) is 0.600. The molecule has 1 N–H and O–H groups in total. The molecule has 0 radical (unpaired) electrons. The van der Waals surface area contributed by atoms with E-state index in [1.807, 2.05) is 0 Å². The molecule has 9 heteroatoms. The van der Waals surface area contributed by atoms with Gasteiger partial charge in [-0.3, -0.25) is 9.09 Å². The highest BCUT2D eigenvalue weighted by atomic mass is 31.2. The van der Waals surface area contributed by atoms with Crippen molar-refractivity contribution in [3.63, 3.8) is 0 Å². The fourth-order valence-electron chi connectivity index (χ4n) is 2.11. The molecule has 0 aliphatic carbocycles. The van der Waals surface area contributed by atoms with E-state index in [1.54, 1.807) is 51.1 Å². The lowest BCUT2D eigenvalue weighted by Gasteiger charge is -2.37. The maximum Gasteiger partial charge on any atom is 0.423 e. The maximum absolute atomic E-state index is 13.4. The first-order valence-corrected chi connectivity index (χ1v) is 11.0. The SMILES string of the molecule is CCOP(=O)(OCC)C(O)(CC)P(=O)(OCC)Oc1ccccc1. The predicted octanol–water partition coefficient (Wildman–Crippen LogP) is 4.62. The van der Waals surface area contributed by atoms with Gasteiger partial charge in [-0.15, -0.1) is 0 Å². The first-order chi connectivity index (χ1) is 11.3. The van der Waals surface area contributed by atoms with Gasteiger partial charge in [-0.25, -0.2) is 4.57 Å². The predicted molar refractivity (Wildman–Crippen MR) is 92.4 cm³/mol. The van der Waals surface area contributed by atoms with Crippen LogP contribution in [0.25, 0.3) is 0 Å². The van der Waals surface area contributed by atoms with E-state index in [-0.39, 0.29) is 32.0 Å². The lowest BCUT2D eigenvalue weighted by molar-refractivity contribution is 0.0927. The second-order valence-corrected chi connectivity index (χ2v) is 9.56. The molecule has 1 aromatic carbocycles. The average Bonchev–Trinajstić information content (AvgIpc) is 2.55. The van der Waals surface area contributed by atoms with Gasteiger partial charge in [0.1, 0.15) is 5.75 Å². The molecule has 0 bridgehead atoms. The van der Waals surface area contributed by atoms with Crippen LogP contribution in [0.2, 0.25) is 0 Å². The summed E-state index contributed by atoms with van der Waals surface area (Å²) in [5, 5.41) is 8.67. The summed E-state index contributed by atoms with van der Waals surface area (Å²) in [6.45, 7) is 6.34. The number of para-hydroxylation sites is 1. The molecule has 2 unspecified atom stereocenters. The summed E-state index contributed by atoms with van der Waals surface area (Å²) in [4.78, 5) is 0. The lowest BCUT2D eigenvalue weighted by Crippen LogP contribution is -2.33. The Morgan fingerprint density at radius 1 is 0.875 bits per heavy atom. The van der Waals surface area contributed by atoms with Gasteiger partial charge in [0.05, 0.1) is 19.8 Å². The van der Waals surface area contributed by atoms with Crippen LogP contribution in [0.4, 0.5) is 0 Å². The van der Waals surface area contributed by atoms with Crippen LogP contribution in [0, 0.1) is 0 Å². The first-order valence-electron chi connectivity index (χ1n) is 7.93. The third-order valence-electron chi connectivity index (χ3n) is 3.22. The highest BCUT2D eigenvalue weighted by Gasteiger charge is 2.64. The van der Waals surface area contributed by atoms with Crippen LogP contribution < -0.4 is 4.52 Å². The maximum atomic E-state index is 13.4. The molecule has 0 heterocycles. The van der Waals surface area contributed by atoms with Crippen molar-refractivity contribution < 1.29 is 32.3 Å². The molecule has 0 fully saturated rings. The minimum Gasteiger partial charge on any atom is -0.422 e. The second-order valence-electron chi connectivity index (χ2n) is 4.78. The molecule has 0 aliphatic rings. The minimum absolute atomic E-state index is 0.00925. The van der Waals surface area contributed by atoms with Crippen molar-refractivity contribution in [3.05, 3.63) is 30.3 Å². The Balaban J connectivity index is 3.39. The minimum atomic E-state index is -4.30. The molecule has 2 atom stereocenters. The summed E-state index contributed by atoms with van der Waals surface area (Å²) in [6.07, 6.45) is -0.200. The van der Waals surface area contributed by atoms with Crippen molar-refractivity contribution in [2.75, 3.05) is 19.8 Å². The Morgan fingerprint density at radius 2 is 1.33 bits per heavy atom. The first kappa shape index (κ1) is 21.4. The summed E-state index contributed by atoms with van der Waals surface area (Å²) in [7, 11) is -8.49. The van der Waals surface area contributed by atoms with Crippen LogP contribution in [-0.2, 0) is 22.7 Å². The van der Waals surface area contributed by atoms with E-state index in [4.69, 9.17) is 18.1 Å². The molecular formula is C15H26O7P2. The molecule has 138 valence electrons. The van der Waals surface area contributed by atoms with Crippen LogP contribution in [0.3, 0.4) is 0 Å². The Hall–Kier alpha value is -0.680. The van der Waals surface area contributed by atoms with Crippen molar-refractivity contribution in [2.45, 2.75) is 39.2 Å². The second kappa shape index (κ2) is 9.14. The van der Waals surface area contributed by atoms with E-state index in [1.165, 1.54) is 6.92 Å². The van der Waals surface area contributed by atoms with Crippen molar-refractivity contribution in [2.24, 2.45) is 0 Å². The Kier molecular flexibility index (Phi) is 8.13. The summed E-state index contributed by atoms with van der Waals surface area (Å²) >= 11 is 0. The molecule has 24 heavy (non-hydrogen) atoms. The molecule has 0 amide bonds. The van der Waals surface area contributed by atoms with E-state index in [0.717, 1.165) is 0 Å². The molecule has 0 spiro atoms. The normalized spacial score (nSPS) is 17.0. The molecule has 0 aliphatic heterocycles. The van der Waals surface area contributed by atoms with Gasteiger partial charge in [-0.1, -0.05) is 25.1 Å². The molecule has 7 nitrogen and oxygen atoms in total. The Bertz CT molecular complexity index is 583. The third-order valence-corrected chi connectivity index (χ3v) is 9.32. The topological polar surface area (TPSA) is 91.3 Å². The van der Waals surface area contributed by atoms with Crippen molar-refractivity contribution in [1.82, 2.24) is 0 Å². The van der Waals surface area contributed by atoms with Gasteiger partial charge < -0.3 is 18.7 Å². The standard InChI is InChI=1S/C15H26O7P2/c1-5-15(16,23(17,19-6-2)20-7-3)24(18,21-8-4)22-14-12-10-9-11-13-14/h9-13,16H,5-8H2,1-4H3. The van der Waals surface area contributed by atoms with E-state index in [0.29, 0.717) is 0 Å². The highest BCUT2D eigenvalue weighted by Crippen LogP contribution is 2.77. The van der Waals surface area contributed by atoms with Gasteiger partial charge in [0, 0.05) is 0 Å². The number of aliphatic hydroxyl groups is 1. The number of hydrogen-bond donors (Lipinski definition) is 1. The van der Waals surface area contributed by atoms with Gasteiger partial charge in [0.15, 0.2) is 0 Å². The zero-order valence-corrected chi connectivity index (χ0v) is 16.3. The molecule has 1 aromatic rings. The summed E-state index contributed by atoms with van der Waals surface area (Å²) in [6, 6.07) is 8.25. The number of rotatable bonds is 11. The number of hydrogen-bond acceptors (Lipinski definition) is 7. The number of benzene rings is 1. The summed E-state index contributed by atoms with van der Waals surface area (Å²) in [5.74, 6) is 0.223. The Morgan fingerprint density at radius 3 is 1.75 bits per heavy atom. The quantitative estimate of drug-likeness (QED) is 0.560. The van der Waals surface area contributed by atoms with Crippen LogP contribution in [-0.4, -0.2) is 30.0 Å². The van der Waals surface area contributed by atoms with Crippen LogP contribution >= 0.6 is 15.2 Å². The van der Waals surface area contributed by atoms with Crippen molar-refractivity contribution >= 4 is 15.2 Å². The van der Waals surface area contributed by atoms with Gasteiger partial charge in [-0.05, 0) is 39.3 Å². The van der Waals surface area contributed by atoms with Gasteiger partial charge in [-0.2, -0.15) is 0 Å². The zero-order valence-electron chi connectivity index (χ0n) is 14.5. The highest BCUT2D eigenvalue weighted by molar-refractivity contribution is 7.74. The Labute approximate surface area is 143 Å². The lowest BCUT2D eigenvalue weighted by atomic mass is 10.3. The van der Waals surface area contributed by atoms with Gasteiger partial charge >= 0.3 is 15.2 Å². The smallest absolute Gasteiger partial charge is 0.422 e. The largest absolute Gasteiger partial charge is 0.423 e. The van der Waals surface area contributed by atoms with E-state index >= 15 is 0 Å². The van der Waals surface area contributed by atoms with Gasteiger partial charge in [0.25, 0.3) is 5.08 Å². The fourth-order valence-corrected chi connectivity index (χ4v) is 7.04. The average molecular weight is 380 g/mol. The van der Waals surface area contributed by atoms with E-state index < -0.39 is 20.3 Å². The summed E-state index contributed by atoms with van der Waals surface area (Å²) < 4.78 is 47.7. The third kappa shape index (κ3) is 4.29. The molecule has 0 saturated carbocycles. The monoisotopic (exact) mass is 380 g/mol. The van der Waals surface area contributed by atoms with E-state index in [2.05, 4.69) is 0 Å². The van der Waals surface area contributed by atoms with Crippen LogP contribution in [0.5, 0.6) is 5.75 Å².